The van der Waals surface area contributed by atoms with Gasteiger partial charge in [0.1, 0.15) is 5.75 Å². The van der Waals surface area contributed by atoms with E-state index in [1.807, 2.05) is 30.3 Å². The predicted molar refractivity (Wildman–Crippen MR) is 125 cm³/mol. The lowest BCUT2D eigenvalue weighted by Gasteiger charge is -2.40. The lowest BCUT2D eigenvalue weighted by atomic mass is 9.73. The predicted octanol–water partition coefficient (Wildman–Crippen LogP) is 4.31. The van der Waals surface area contributed by atoms with Crippen molar-refractivity contribution in [3.63, 3.8) is 0 Å². The van der Waals surface area contributed by atoms with Gasteiger partial charge in [0.2, 0.25) is 5.91 Å². The monoisotopic (exact) mass is 428 g/mol. The summed E-state index contributed by atoms with van der Waals surface area (Å²) in [7, 11) is 1.58. The van der Waals surface area contributed by atoms with Gasteiger partial charge >= 0.3 is 0 Å². The number of likely N-dealkylation sites (tertiary alicyclic amines) is 1. The summed E-state index contributed by atoms with van der Waals surface area (Å²) in [6.45, 7) is 1.00. The molecule has 164 valence electrons. The zero-order chi connectivity index (χ0) is 22.6. The Bertz CT molecular complexity index is 1090. The Morgan fingerprint density at radius 3 is 2.19 bits per heavy atom. The maximum absolute atomic E-state index is 12.9. The summed E-state index contributed by atoms with van der Waals surface area (Å²) < 4.78 is 5.23. The molecule has 3 aromatic rings. The van der Waals surface area contributed by atoms with Crippen molar-refractivity contribution in [2.24, 2.45) is 11.1 Å². The summed E-state index contributed by atoms with van der Waals surface area (Å²) in [5.74, 6) is 0.311. The minimum atomic E-state index is -0.639. The van der Waals surface area contributed by atoms with Gasteiger partial charge in [-0.15, -0.1) is 0 Å². The van der Waals surface area contributed by atoms with Crippen LogP contribution in [0.3, 0.4) is 0 Å². The number of nitrogens with zero attached hydrogens (tertiary/aromatic N) is 1. The molecular formula is C27H28N2O3. The van der Waals surface area contributed by atoms with Gasteiger partial charge in [0.25, 0.3) is 5.91 Å². The van der Waals surface area contributed by atoms with Gasteiger partial charge in [-0.25, -0.2) is 0 Å². The number of carbonyl (C=O) groups excluding carboxylic acids is 2. The third-order valence-electron chi connectivity index (χ3n) is 6.45. The van der Waals surface area contributed by atoms with Crippen molar-refractivity contribution in [1.29, 1.82) is 0 Å². The molecule has 0 unspecified atom stereocenters. The second-order valence-electron chi connectivity index (χ2n) is 8.41. The van der Waals surface area contributed by atoms with Crippen LogP contribution in [0, 0.1) is 5.41 Å². The van der Waals surface area contributed by atoms with E-state index in [1.165, 1.54) is 0 Å². The van der Waals surface area contributed by atoms with Crippen LogP contribution in [-0.4, -0.2) is 36.9 Å². The summed E-state index contributed by atoms with van der Waals surface area (Å²) in [6, 6.07) is 25.7. The number of amides is 2. The molecule has 32 heavy (non-hydrogen) atoms. The fourth-order valence-electron chi connectivity index (χ4n) is 4.42. The van der Waals surface area contributed by atoms with E-state index in [0.29, 0.717) is 43.7 Å². The molecule has 1 saturated heterocycles. The SMILES string of the molecule is COc1cccc(C(=O)N2CCC(Cc3ccc(-c4ccccc4)cc3)(C(N)=O)CC2)c1. The van der Waals surface area contributed by atoms with Gasteiger partial charge in [0.15, 0.2) is 0 Å². The minimum Gasteiger partial charge on any atom is -0.497 e. The lowest BCUT2D eigenvalue weighted by molar-refractivity contribution is -0.130. The van der Waals surface area contributed by atoms with Gasteiger partial charge in [-0.05, 0) is 54.2 Å². The molecule has 0 radical (unpaired) electrons. The summed E-state index contributed by atoms with van der Waals surface area (Å²) in [4.78, 5) is 27.2. The van der Waals surface area contributed by atoms with E-state index in [-0.39, 0.29) is 11.8 Å². The van der Waals surface area contributed by atoms with Crippen LogP contribution in [0.2, 0.25) is 0 Å². The maximum atomic E-state index is 12.9. The summed E-state index contributed by atoms with van der Waals surface area (Å²) in [5.41, 5.74) is 9.21. The smallest absolute Gasteiger partial charge is 0.253 e. The highest BCUT2D eigenvalue weighted by Crippen LogP contribution is 2.36. The van der Waals surface area contributed by atoms with E-state index >= 15 is 0 Å². The quantitative estimate of drug-likeness (QED) is 0.636. The van der Waals surface area contributed by atoms with Crippen LogP contribution in [0.4, 0.5) is 0 Å². The fourth-order valence-corrected chi connectivity index (χ4v) is 4.42. The maximum Gasteiger partial charge on any atom is 0.253 e. The van der Waals surface area contributed by atoms with Gasteiger partial charge < -0.3 is 15.4 Å². The first-order chi connectivity index (χ1) is 15.5. The minimum absolute atomic E-state index is 0.0471. The van der Waals surface area contributed by atoms with E-state index in [1.54, 1.807) is 24.1 Å². The molecule has 2 N–H and O–H groups in total. The fraction of sp³-hybridized carbons (Fsp3) is 0.259. The van der Waals surface area contributed by atoms with Gasteiger partial charge in [-0.3, -0.25) is 9.59 Å². The van der Waals surface area contributed by atoms with Crippen molar-refractivity contribution in [2.75, 3.05) is 20.2 Å². The number of ether oxygens (including phenoxy) is 1. The van der Waals surface area contributed by atoms with Crippen LogP contribution in [0.5, 0.6) is 5.75 Å². The molecule has 3 aromatic carbocycles. The van der Waals surface area contributed by atoms with Crippen LogP contribution in [-0.2, 0) is 11.2 Å². The van der Waals surface area contributed by atoms with E-state index < -0.39 is 5.41 Å². The molecular weight excluding hydrogens is 400 g/mol. The number of rotatable bonds is 6. The third-order valence-corrected chi connectivity index (χ3v) is 6.45. The van der Waals surface area contributed by atoms with Crippen molar-refractivity contribution in [1.82, 2.24) is 4.90 Å². The zero-order valence-electron chi connectivity index (χ0n) is 18.3. The Hall–Kier alpha value is -3.60. The Labute approximate surface area is 188 Å². The van der Waals surface area contributed by atoms with Crippen molar-refractivity contribution in [3.8, 4) is 16.9 Å². The summed E-state index contributed by atoms with van der Waals surface area (Å²) in [5, 5.41) is 0. The molecule has 2 amide bonds. The molecule has 0 bridgehead atoms. The first-order valence-electron chi connectivity index (χ1n) is 10.9. The third kappa shape index (κ3) is 4.52. The molecule has 1 fully saturated rings. The number of hydrogen-bond acceptors (Lipinski definition) is 3. The zero-order valence-corrected chi connectivity index (χ0v) is 18.3. The van der Waals surface area contributed by atoms with Crippen molar-refractivity contribution < 1.29 is 14.3 Å². The van der Waals surface area contributed by atoms with Crippen LogP contribution >= 0.6 is 0 Å². The standard InChI is InChI=1S/C27H28N2O3/c1-32-24-9-5-8-23(18-24)25(30)29-16-14-27(15-17-29,26(28)31)19-20-10-12-22(13-11-20)21-6-3-2-4-7-21/h2-13,18H,14-17,19H2,1H3,(H2,28,31). The van der Waals surface area contributed by atoms with Crippen LogP contribution in [0.25, 0.3) is 11.1 Å². The normalized spacial score (nSPS) is 15.2. The highest BCUT2D eigenvalue weighted by atomic mass is 16.5. The topological polar surface area (TPSA) is 72.6 Å². The van der Waals surface area contributed by atoms with Gasteiger partial charge in [0, 0.05) is 18.7 Å². The second kappa shape index (κ2) is 9.27. The van der Waals surface area contributed by atoms with E-state index in [4.69, 9.17) is 10.5 Å². The number of nitrogens with two attached hydrogens (primary N) is 1. The summed E-state index contributed by atoms with van der Waals surface area (Å²) in [6.07, 6.45) is 1.69. The Morgan fingerprint density at radius 2 is 1.56 bits per heavy atom. The van der Waals surface area contributed by atoms with Crippen LogP contribution in [0.15, 0.2) is 78.9 Å². The number of methoxy groups -OCH3 is 1. The highest BCUT2D eigenvalue weighted by molar-refractivity contribution is 5.95. The average molecular weight is 429 g/mol. The van der Waals surface area contributed by atoms with Crippen LogP contribution < -0.4 is 10.5 Å². The number of primary amides is 1. The Morgan fingerprint density at radius 1 is 0.906 bits per heavy atom. The number of benzene rings is 3. The molecule has 5 heteroatoms. The largest absolute Gasteiger partial charge is 0.497 e. The van der Waals surface area contributed by atoms with E-state index in [9.17, 15) is 9.59 Å². The molecule has 0 aliphatic carbocycles. The van der Waals surface area contributed by atoms with Crippen molar-refractivity contribution >= 4 is 11.8 Å². The van der Waals surface area contributed by atoms with E-state index in [2.05, 4.69) is 36.4 Å². The molecule has 4 rings (SSSR count). The molecule has 1 aliphatic heterocycles. The molecule has 0 spiro atoms. The number of hydrogen-bond donors (Lipinski definition) is 1. The lowest BCUT2D eigenvalue weighted by Crippen LogP contribution is -2.49. The van der Waals surface area contributed by atoms with Crippen molar-refractivity contribution in [2.45, 2.75) is 19.3 Å². The molecule has 0 saturated carbocycles. The van der Waals surface area contributed by atoms with Crippen molar-refractivity contribution in [3.05, 3.63) is 90.0 Å². The first-order valence-corrected chi connectivity index (χ1v) is 10.9. The van der Waals surface area contributed by atoms with Gasteiger partial charge in [-0.2, -0.15) is 0 Å². The number of piperidine rings is 1. The van der Waals surface area contributed by atoms with Gasteiger partial charge in [0.05, 0.1) is 12.5 Å². The molecule has 5 nitrogen and oxygen atoms in total. The molecule has 0 aromatic heterocycles. The average Bonchev–Trinajstić information content (AvgIpc) is 2.85. The number of carbonyl (C=O) groups is 2. The Balaban J connectivity index is 1.45. The highest BCUT2D eigenvalue weighted by Gasteiger charge is 2.41. The van der Waals surface area contributed by atoms with Crippen LogP contribution in [0.1, 0.15) is 28.8 Å². The molecule has 1 heterocycles. The molecule has 0 atom stereocenters. The second-order valence-corrected chi connectivity index (χ2v) is 8.41. The summed E-state index contributed by atoms with van der Waals surface area (Å²) >= 11 is 0. The Kier molecular flexibility index (Phi) is 6.26. The molecule has 1 aliphatic rings. The van der Waals surface area contributed by atoms with Gasteiger partial charge in [-0.1, -0.05) is 60.7 Å². The van der Waals surface area contributed by atoms with E-state index in [0.717, 1.165) is 16.7 Å². The first kappa shape index (κ1) is 21.6.